The molecule has 5 nitrogen and oxygen atoms in total. The summed E-state index contributed by atoms with van der Waals surface area (Å²) >= 11 is 4.78. The van der Waals surface area contributed by atoms with Gasteiger partial charge < -0.3 is 10.5 Å². The summed E-state index contributed by atoms with van der Waals surface area (Å²) in [6.45, 7) is 0. The molecule has 0 aliphatic rings. The fraction of sp³-hybridized carbons (Fsp3) is 0. The Morgan fingerprint density at radius 1 is 1.09 bits per heavy atom. The monoisotopic (exact) mass is 388 g/mol. The second-order valence-corrected chi connectivity index (χ2v) is 6.27. The van der Waals surface area contributed by atoms with Gasteiger partial charge in [0.1, 0.15) is 5.75 Å². The molecule has 0 aliphatic carbocycles. The summed E-state index contributed by atoms with van der Waals surface area (Å²) in [6, 6.07) is 17.0. The number of nitrogens with one attached hydrogen (secondary N) is 1. The third-order valence-electron chi connectivity index (χ3n) is 2.79. The zero-order valence-corrected chi connectivity index (χ0v) is 14.3. The molecule has 0 unspecified atom stereocenters. The van der Waals surface area contributed by atoms with E-state index in [0.29, 0.717) is 27.7 Å². The molecule has 0 spiro atoms. The number of rotatable bonds is 5. The van der Waals surface area contributed by atoms with Crippen LogP contribution in [0.15, 0.2) is 70.2 Å². The summed E-state index contributed by atoms with van der Waals surface area (Å²) in [4.78, 5) is 9.55. The van der Waals surface area contributed by atoms with E-state index in [9.17, 15) is 0 Å². The van der Waals surface area contributed by atoms with Gasteiger partial charge in [0.15, 0.2) is 0 Å². The topological polar surface area (TPSA) is 73.1 Å². The number of anilines is 2. The molecule has 2 aromatic carbocycles. The van der Waals surface area contributed by atoms with Crippen LogP contribution in [0.25, 0.3) is 0 Å². The smallest absolute Gasteiger partial charge is 0.238 e. The molecule has 7 heteroatoms. The number of nitrogens with two attached hydrogens (primary N) is 1. The van der Waals surface area contributed by atoms with Crippen LogP contribution in [0.5, 0.6) is 11.6 Å². The van der Waals surface area contributed by atoms with Gasteiger partial charge in [-0.25, -0.2) is 4.98 Å². The molecule has 116 valence electrons. The fourth-order valence-electron chi connectivity index (χ4n) is 1.76. The average Bonchev–Trinajstić information content (AvgIpc) is 2.57. The molecular weight excluding hydrogens is 376 g/mol. The fourth-order valence-corrected chi connectivity index (χ4v) is 2.68. The summed E-state index contributed by atoms with van der Waals surface area (Å²) in [7, 11) is 0. The zero-order chi connectivity index (χ0) is 16.1. The number of nitrogens with zero attached hydrogens (tertiary/aromatic N) is 2. The molecule has 23 heavy (non-hydrogen) atoms. The van der Waals surface area contributed by atoms with Crippen molar-refractivity contribution in [2.45, 2.75) is 4.90 Å². The van der Waals surface area contributed by atoms with Crippen molar-refractivity contribution in [3.63, 3.8) is 0 Å². The summed E-state index contributed by atoms with van der Waals surface area (Å²) < 4.78 is 9.51. The van der Waals surface area contributed by atoms with Crippen molar-refractivity contribution < 1.29 is 4.74 Å². The van der Waals surface area contributed by atoms with Gasteiger partial charge in [0.2, 0.25) is 11.8 Å². The van der Waals surface area contributed by atoms with E-state index in [1.54, 1.807) is 6.20 Å². The largest absolute Gasteiger partial charge is 0.438 e. The van der Waals surface area contributed by atoms with Crippen LogP contribution < -0.4 is 15.2 Å². The van der Waals surface area contributed by atoms with E-state index in [0.717, 1.165) is 4.90 Å². The third kappa shape index (κ3) is 4.37. The molecule has 0 saturated carbocycles. The Morgan fingerprint density at radius 3 is 2.70 bits per heavy atom. The van der Waals surface area contributed by atoms with Gasteiger partial charge in [-0.1, -0.05) is 24.3 Å². The molecule has 0 bridgehead atoms. The van der Waals surface area contributed by atoms with Crippen molar-refractivity contribution >= 4 is 39.5 Å². The number of nitrogen functional groups attached to an aromatic ring is 1. The number of aromatic nitrogens is 2. The molecule has 0 fully saturated rings. The molecule has 3 rings (SSSR count). The lowest BCUT2D eigenvalue weighted by Crippen LogP contribution is -1.97. The third-order valence-corrected chi connectivity index (χ3v) is 4.11. The summed E-state index contributed by atoms with van der Waals surface area (Å²) in [5.74, 6) is 1.61. The molecule has 0 amide bonds. The minimum atomic E-state index is 0.446. The predicted molar refractivity (Wildman–Crippen MR) is 96.6 cm³/mol. The number of ether oxygens (including phenoxy) is 1. The van der Waals surface area contributed by atoms with E-state index in [-0.39, 0.29) is 0 Å². The first-order valence-electron chi connectivity index (χ1n) is 6.74. The molecule has 3 aromatic rings. The Morgan fingerprint density at radius 2 is 1.91 bits per heavy atom. The molecule has 1 heterocycles. The first-order chi connectivity index (χ1) is 11.2. The lowest BCUT2D eigenvalue weighted by Gasteiger charge is -2.09. The van der Waals surface area contributed by atoms with Crippen LogP contribution in [0, 0.1) is 0 Å². The zero-order valence-electron chi connectivity index (χ0n) is 11.9. The number of para-hydroxylation sites is 1. The van der Waals surface area contributed by atoms with Gasteiger partial charge in [-0.2, -0.15) is 4.98 Å². The van der Waals surface area contributed by atoms with Gasteiger partial charge in [-0.05, 0) is 58.2 Å². The van der Waals surface area contributed by atoms with Crippen LogP contribution in [0.3, 0.4) is 0 Å². The van der Waals surface area contributed by atoms with E-state index in [4.69, 9.17) is 10.5 Å². The lowest BCUT2D eigenvalue weighted by atomic mass is 10.3. The van der Waals surface area contributed by atoms with Crippen molar-refractivity contribution in [1.29, 1.82) is 0 Å². The van der Waals surface area contributed by atoms with Gasteiger partial charge in [0.25, 0.3) is 0 Å². The maximum Gasteiger partial charge on any atom is 0.238 e. The molecule has 0 saturated heterocycles. The van der Waals surface area contributed by atoms with E-state index in [1.165, 1.54) is 11.9 Å². The maximum atomic E-state index is 5.76. The minimum Gasteiger partial charge on any atom is -0.438 e. The first kappa shape index (κ1) is 15.6. The van der Waals surface area contributed by atoms with Gasteiger partial charge in [0.05, 0.1) is 10.7 Å². The van der Waals surface area contributed by atoms with Crippen LogP contribution in [0.1, 0.15) is 0 Å². The van der Waals surface area contributed by atoms with Crippen LogP contribution in [0.2, 0.25) is 0 Å². The standard InChI is InChI=1S/C16H13BrN4OS/c17-14-10-19-16(21-23-13-8-4-5-11(18)9-13)20-15(14)22-12-6-2-1-3-7-12/h1-10H,18H2,(H,19,20,21). The first-order valence-corrected chi connectivity index (χ1v) is 8.35. The molecule has 3 N–H and O–H groups in total. The number of hydrogen-bond donors (Lipinski definition) is 2. The van der Waals surface area contributed by atoms with Gasteiger partial charge in [-0.15, -0.1) is 0 Å². The van der Waals surface area contributed by atoms with Gasteiger partial charge in [0, 0.05) is 10.6 Å². The number of benzene rings is 2. The second-order valence-electron chi connectivity index (χ2n) is 4.54. The predicted octanol–water partition coefficient (Wildman–Crippen LogP) is 4.73. The molecule has 1 aromatic heterocycles. The minimum absolute atomic E-state index is 0.446. The highest BCUT2D eigenvalue weighted by atomic mass is 79.9. The summed E-state index contributed by atoms with van der Waals surface area (Å²) in [5.41, 5.74) is 6.47. The Hall–Kier alpha value is -2.25. The molecule has 0 atom stereocenters. The van der Waals surface area contributed by atoms with Crippen molar-refractivity contribution in [2.75, 3.05) is 10.5 Å². The van der Waals surface area contributed by atoms with E-state index >= 15 is 0 Å². The Labute approximate surface area is 146 Å². The van der Waals surface area contributed by atoms with E-state index in [2.05, 4.69) is 30.6 Å². The van der Waals surface area contributed by atoms with Crippen molar-refractivity contribution in [3.05, 3.63) is 65.3 Å². The van der Waals surface area contributed by atoms with Crippen molar-refractivity contribution in [3.8, 4) is 11.6 Å². The number of hydrogen-bond acceptors (Lipinski definition) is 6. The maximum absolute atomic E-state index is 5.76. The SMILES string of the molecule is Nc1cccc(SNc2ncc(Br)c(Oc3ccccc3)n2)c1. The molecule has 0 aliphatic heterocycles. The summed E-state index contributed by atoms with van der Waals surface area (Å²) in [5, 5.41) is 0. The van der Waals surface area contributed by atoms with Crippen LogP contribution in [0.4, 0.5) is 11.6 Å². The summed E-state index contributed by atoms with van der Waals surface area (Å²) in [6.07, 6.45) is 1.65. The number of halogens is 1. The highest BCUT2D eigenvalue weighted by Gasteiger charge is 2.08. The quantitative estimate of drug-likeness (QED) is 0.485. The van der Waals surface area contributed by atoms with Crippen LogP contribution in [-0.4, -0.2) is 9.97 Å². The van der Waals surface area contributed by atoms with Crippen LogP contribution >= 0.6 is 27.9 Å². The van der Waals surface area contributed by atoms with Crippen molar-refractivity contribution in [1.82, 2.24) is 9.97 Å². The van der Waals surface area contributed by atoms with Gasteiger partial charge in [-0.3, -0.25) is 4.72 Å². The highest BCUT2D eigenvalue weighted by molar-refractivity contribution is 9.10. The van der Waals surface area contributed by atoms with Crippen molar-refractivity contribution in [2.24, 2.45) is 0 Å². The van der Waals surface area contributed by atoms with Gasteiger partial charge >= 0.3 is 0 Å². The second kappa shape index (κ2) is 7.34. The Bertz CT molecular complexity index is 801. The Balaban J connectivity index is 1.72. The molecule has 0 radical (unpaired) electrons. The lowest BCUT2D eigenvalue weighted by molar-refractivity contribution is 0.459. The van der Waals surface area contributed by atoms with E-state index in [1.807, 2.05) is 54.6 Å². The Kier molecular flexibility index (Phi) is 4.99. The normalized spacial score (nSPS) is 10.3. The molecular formula is C16H13BrN4OS. The average molecular weight is 389 g/mol. The van der Waals surface area contributed by atoms with E-state index < -0.39 is 0 Å². The van der Waals surface area contributed by atoms with Crippen LogP contribution in [-0.2, 0) is 0 Å². The highest BCUT2D eigenvalue weighted by Crippen LogP contribution is 2.29.